The summed E-state index contributed by atoms with van der Waals surface area (Å²) >= 11 is 0. The van der Waals surface area contributed by atoms with Gasteiger partial charge in [0.2, 0.25) is 17.7 Å². The molecule has 1 saturated carbocycles. The van der Waals surface area contributed by atoms with Gasteiger partial charge in [-0.1, -0.05) is 25.0 Å². The molecule has 1 heterocycles. The molecule has 1 aliphatic heterocycles. The van der Waals surface area contributed by atoms with Gasteiger partial charge in [-0.05, 0) is 48.7 Å². The molecule has 2 atom stereocenters. The molecule has 33 heavy (non-hydrogen) atoms. The first-order valence-electron chi connectivity index (χ1n) is 10.8. The lowest BCUT2D eigenvalue weighted by molar-refractivity contribution is -0.142. The molecule has 2 aromatic carbocycles. The van der Waals surface area contributed by atoms with Crippen molar-refractivity contribution < 1.29 is 32.6 Å². The fraction of sp³-hybridized carbons (Fsp3) is 0.375. The van der Waals surface area contributed by atoms with Gasteiger partial charge >= 0.3 is 6.61 Å². The summed E-state index contributed by atoms with van der Waals surface area (Å²) in [6.07, 6.45) is 3.15. The number of amides is 3. The second-order valence-electron chi connectivity index (χ2n) is 8.13. The second kappa shape index (κ2) is 9.56. The van der Waals surface area contributed by atoms with Gasteiger partial charge in [0.1, 0.15) is 18.0 Å². The third kappa shape index (κ3) is 4.81. The van der Waals surface area contributed by atoms with Crippen LogP contribution in [0.1, 0.15) is 25.7 Å². The highest BCUT2D eigenvalue weighted by molar-refractivity contribution is 6.08. The van der Waals surface area contributed by atoms with Crippen molar-refractivity contribution in [3.63, 3.8) is 0 Å². The third-order valence-electron chi connectivity index (χ3n) is 6.11. The Hall–Kier alpha value is -3.49. The van der Waals surface area contributed by atoms with Gasteiger partial charge in [-0.3, -0.25) is 19.3 Å². The number of methoxy groups -OCH3 is 1. The molecule has 2 unspecified atom stereocenters. The average Bonchev–Trinajstić information content (AvgIpc) is 3.05. The van der Waals surface area contributed by atoms with Crippen molar-refractivity contribution in [1.82, 2.24) is 4.90 Å². The van der Waals surface area contributed by atoms with Gasteiger partial charge in [-0.15, -0.1) is 0 Å². The monoisotopic (exact) mass is 458 g/mol. The summed E-state index contributed by atoms with van der Waals surface area (Å²) in [5, 5.41) is 2.65. The maximum atomic E-state index is 12.9. The summed E-state index contributed by atoms with van der Waals surface area (Å²) < 4.78 is 35.5. The molecule has 1 saturated heterocycles. The highest BCUT2D eigenvalue weighted by atomic mass is 19.3. The molecule has 0 spiro atoms. The molecule has 0 radical (unpaired) electrons. The summed E-state index contributed by atoms with van der Waals surface area (Å²) in [7, 11) is 1.52. The van der Waals surface area contributed by atoms with Crippen LogP contribution >= 0.6 is 0 Å². The normalized spacial score (nSPS) is 20.1. The summed E-state index contributed by atoms with van der Waals surface area (Å²) in [6, 6.07) is 11.0. The maximum Gasteiger partial charge on any atom is 0.387 e. The predicted molar refractivity (Wildman–Crippen MR) is 116 cm³/mol. The number of benzene rings is 2. The molecule has 2 aliphatic rings. The van der Waals surface area contributed by atoms with Crippen LogP contribution in [0.5, 0.6) is 11.5 Å². The standard InChI is InChI=1S/C24H24F2N2O5/c1-32-16-9-6-14(7-10-16)19-12-15(8-11-20(19)33-24(25)26)27-21(29)13-28-22(30)17-4-2-3-5-18(17)23(28)31/h6-12,17-18,24H,2-5,13H2,1H3,(H,27,29). The predicted octanol–water partition coefficient (Wildman–Crippen LogP) is 4.08. The summed E-state index contributed by atoms with van der Waals surface area (Å²) in [6.45, 7) is -3.39. The number of carbonyl (C=O) groups excluding carboxylic acids is 3. The minimum Gasteiger partial charge on any atom is -0.497 e. The van der Waals surface area contributed by atoms with Crippen LogP contribution in [0.2, 0.25) is 0 Å². The van der Waals surface area contributed by atoms with Crippen LogP contribution in [0.25, 0.3) is 11.1 Å². The highest BCUT2D eigenvalue weighted by Crippen LogP contribution is 2.38. The smallest absolute Gasteiger partial charge is 0.387 e. The van der Waals surface area contributed by atoms with Crippen molar-refractivity contribution in [1.29, 1.82) is 0 Å². The van der Waals surface area contributed by atoms with E-state index in [9.17, 15) is 23.2 Å². The molecular formula is C24H24F2N2O5. The number of imide groups is 1. The number of hydrogen-bond acceptors (Lipinski definition) is 5. The van der Waals surface area contributed by atoms with Crippen LogP contribution in [-0.4, -0.2) is 42.9 Å². The van der Waals surface area contributed by atoms with E-state index < -0.39 is 12.5 Å². The number of hydrogen-bond donors (Lipinski definition) is 1. The molecule has 0 aromatic heterocycles. The zero-order valence-electron chi connectivity index (χ0n) is 18.1. The molecular weight excluding hydrogens is 434 g/mol. The molecule has 1 aliphatic carbocycles. The number of alkyl halides is 2. The van der Waals surface area contributed by atoms with Gasteiger partial charge in [-0.2, -0.15) is 8.78 Å². The highest BCUT2D eigenvalue weighted by Gasteiger charge is 2.48. The van der Waals surface area contributed by atoms with Gasteiger partial charge in [0.05, 0.1) is 18.9 Å². The van der Waals surface area contributed by atoms with Crippen LogP contribution in [-0.2, 0) is 14.4 Å². The Balaban J connectivity index is 1.52. The van der Waals surface area contributed by atoms with Crippen LogP contribution in [0.3, 0.4) is 0 Å². The Morgan fingerprint density at radius 3 is 2.27 bits per heavy atom. The molecule has 7 nitrogen and oxygen atoms in total. The van der Waals surface area contributed by atoms with Crippen LogP contribution in [0.15, 0.2) is 42.5 Å². The third-order valence-corrected chi connectivity index (χ3v) is 6.11. The number of anilines is 1. The van der Waals surface area contributed by atoms with E-state index in [1.807, 2.05) is 0 Å². The minimum atomic E-state index is -3.02. The lowest BCUT2D eigenvalue weighted by Gasteiger charge is -2.19. The molecule has 1 N–H and O–H groups in total. The Bertz CT molecular complexity index is 1030. The van der Waals surface area contributed by atoms with E-state index in [1.165, 1.54) is 25.3 Å². The zero-order chi connectivity index (χ0) is 23.5. The molecule has 3 amide bonds. The van der Waals surface area contributed by atoms with E-state index in [1.54, 1.807) is 24.3 Å². The van der Waals surface area contributed by atoms with Gasteiger partial charge in [0.25, 0.3) is 0 Å². The Morgan fingerprint density at radius 2 is 1.70 bits per heavy atom. The minimum absolute atomic E-state index is 0.0536. The SMILES string of the molecule is COc1ccc(-c2cc(NC(=O)CN3C(=O)C4CCCCC4C3=O)ccc2OC(F)F)cc1. The van der Waals surface area contributed by atoms with E-state index in [0.29, 0.717) is 35.4 Å². The molecule has 9 heteroatoms. The fourth-order valence-electron chi connectivity index (χ4n) is 4.53. The first kappa shape index (κ1) is 22.7. The number of ether oxygens (including phenoxy) is 2. The molecule has 0 bridgehead atoms. The lowest BCUT2D eigenvalue weighted by Crippen LogP contribution is -2.38. The van der Waals surface area contributed by atoms with Crippen LogP contribution < -0.4 is 14.8 Å². The molecule has 4 rings (SSSR count). The summed E-state index contributed by atoms with van der Waals surface area (Å²) in [5.41, 5.74) is 1.25. The Labute approximate surface area is 189 Å². The zero-order valence-corrected chi connectivity index (χ0v) is 18.1. The summed E-state index contributed by atoms with van der Waals surface area (Å²) in [5.74, 6) is -1.24. The van der Waals surface area contributed by atoms with Crippen molar-refractivity contribution in [2.75, 3.05) is 19.0 Å². The number of fused-ring (bicyclic) bond motifs is 1. The van der Waals surface area contributed by atoms with E-state index in [2.05, 4.69) is 10.1 Å². The van der Waals surface area contributed by atoms with Gasteiger partial charge < -0.3 is 14.8 Å². The number of likely N-dealkylation sites (tertiary alicyclic amines) is 1. The molecule has 174 valence electrons. The Kier molecular flexibility index (Phi) is 6.57. The number of nitrogens with zero attached hydrogens (tertiary/aromatic N) is 1. The van der Waals surface area contributed by atoms with Crippen LogP contribution in [0, 0.1) is 11.8 Å². The van der Waals surface area contributed by atoms with Crippen molar-refractivity contribution in [2.24, 2.45) is 11.8 Å². The molecule has 2 aromatic rings. The van der Waals surface area contributed by atoms with Crippen molar-refractivity contribution in [3.8, 4) is 22.6 Å². The quantitative estimate of drug-likeness (QED) is 0.632. The first-order chi connectivity index (χ1) is 15.9. The molecule has 2 fully saturated rings. The lowest BCUT2D eigenvalue weighted by atomic mass is 9.81. The van der Waals surface area contributed by atoms with Crippen molar-refractivity contribution in [3.05, 3.63) is 42.5 Å². The van der Waals surface area contributed by atoms with Crippen molar-refractivity contribution >= 4 is 23.4 Å². The maximum absolute atomic E-state index is 12.9. The first-order valence-corrected chi connectivity index (χ1v) is 10.8. The largest absolute Gasteiger partial charge is 0.497 e. The second-order valence-corrected chi connectivity index (χ2v) is 8.13. The number of nitrogens with one attached hydrogen (secondary N) is 1. The fourth-order valence-corrected chi connectivity index (χ4v) is 4.53. The average molecular weight is 458 g/mol. The van der Waals surface area contributed by atoms with Crippen LogP contribution in [0.4, 0.5) is 14.5 Å². The number of rotatable bonds is 7. The van der Waals surface area contributed by atoms with E-state index in [0.717, 1.165) is 17.7 Å². The number of carbonyl (C=O) groups is 3. The van der Waals surface area contributed by atoms with Gasteiger partial charge in [0.15, 0.2) is 0 Å². The van der Waals surface area contributed by atoms with Gasteiger partial charge in [0, 0.05) is 11.3 Å². The van der Waals surface area contributed by atoms with E-state index in [-0.39, 0.29) is 35.9 Å². The summed E-state index contributed by atoms with van der Waals surface area (Å²) in [4.78, 5) is 38.9. The number of halogens is 2. The Morgan fingerprint density at radius 1 is 1.06 bits per heavy atom. The topological polar surface area (TPSA) is 84.9 Å². The van der Waals surface area contributed by atoms with Gasteiger partial charge in [-0.25, -0.2) is 0 Å². The van der Waals surface area contributed by atoms with E-state index in [4.69, 9.17) is 4.74 Å². The van der Waals surface area contributed by atoms with Crippen molar-refractivity contribution in [2.45, 2.75) is 32.3 Å². The van der Waals surface area contributed by atoms with E-state index >= 15 is 0 Å².